The predicted molar refractivity (Wildman–Crippen MR) is 143 cm³/mol. The van der Waals surface area contributed by atoms with Crippen LogP contribution in [0.3, 0.4) is 0 Å². The first-order valence-corrected chi connectivity index (χ1v) is 13.1. The van der Waals surface area contributed by atoms with Crippen molar-refractivity contribution < 1.29 is 27.9 Å². The van der Waals surface area contributed by atoms with Crippen LogP contribution in [0.2, 0.25) is 5.02 Å². The number of alkyl halides is 3. The van der Waals surface area contributed by atoms with E-state index in [2.05, 4.69) is 20.5 Å². The second-order valence-electron chi connectivity index (χ2n) is 9.45. The number of benzene rings is 2. The highest BCUT2D eigenvalue weighted by molar-refractivity contribution is 6.30. The molecule has 2 aromatic heterocycles. The molecule has 0 saturated carbocycles. The molecule has 1 saturated heterocycles. The van der Waals surface area contributed by atoms with Gasteiger partial charge in [-0.25, -0.2) is 19.1 Å². The fraction of sp³-hybridized carbons (Fsp3) is 0.308. The highest BCUT2D eigenvalue weighted by Gasteiger charge is 2.39. The standard InChI is InChI=1S/C26H24ClF3N8O4/c27-17-7-5-16(6-8-17)23-34-37(25(42)36(23)13-20(39)26(28,29)30)14-21-32-15-38(33-21)19-4-2-1-3-18(19)24(41)35-11-9-22(40)31-10-12-35/h1-8,15,20,39H,9-14H2,(H,31,40)/t20-/m0/s1. The third-order valence-corrected chi connectivity index (χ3v) is 6.82. The van der Waals surface area contributed by atoms with E-state index < -0.39 is 24.5 Å². The smallest absolute Gasteiger partial charge is 0.382 e. The van der Waals surface area contributed by atoms with Crippen LogP contribution in [0.4, 0.5) is 13.2 Å². The summed E-state index contributed by atoms with van der Waals surface area (Å²) in [4.78, 5) is 43.9. The van der Waals surface area contributed by atoms with Crippen molar-refractivity contribution in [3.63, 3.8) is 0 Å². The summed E-state index contributed by atoms with van der Waals surface area (Å²) in [6.45, 7) is -0.454. The summed E-state index contributed by atoms with van der Waals surface area (Å²) in [6, 6.07) is 12.6. The van der Waals surface area contributed by atoms with Gasteiger partial charge in [0.05, 0.1) is 17.8 Å². The SMILES string of the molecule is O=C1CCN(C(=O)c2ccccc2-n2cnc(Cn3nc(-c4ccc(Cl)cc4)n(C[C@H](O)C(F)(F)F)c3=O)n2)CCN1. The van der Waals surface area contributed by atoms with Gasteiger partial charge in [0.15, 0.2) is 17.8 Å². The van der Waals surface area contributed by atoms with Gasteiger partial charge in [0.1, 0.15) is 12.9 Å². The molecule has 2 N–H and O–H groups in total. The van der Waals surface area contributed by atoms with Gasteiger partial charge in [-0.1, -0.05) is 23.7 Å². The molecule has 2 aromatic carbocycles. The molecular formula is C26H24ClF3N8O4. The Kier molecular flexibility index (Phi) is 8.13. The first kappa shape index (κ1) is 29.0. The number of hydrogen-bond donors (Lipinski definition) is 2. The Morgan fingerprint density at radius 3 is 2.55 bits per heavy atom. The number of hydrogen-bond acceptors (Lipinski definition) is 7. The van der Waals surface area contributed by atoms with Gasteiger partial charge in [0.25, 0.3) is 5.91 Å². The minimum absolute atomic E-state index is 0.0904. The minimum atomic E-state index is -4.96. The van der Waals surface area contributed by atoms with E-state index in [1.807, 2.05) is 0 Å². The highest BCUT2D eigenvalue weighted by atomic mass is 35.5. The average molecular weight is 605 g/mol. The zero-order chi connectivity index (χ0) is 30.0. The number of amides is 2. The van der Waals surface area contributed by atoms with Crippen LogP contribution in [0.25, 0.3) is 17.1 Å². The van der Waals surface area contributed by atoms with Gasteiger partial charge in [-0.2, -0.15) is 13.2 Å². The summed E-state index contributed by atoms with van der Waals surface area (Å²) in [5.74, 6) is -0.456. The van der Waals surface area contributed by atoms with Crippen LogP contribution in [0, 0.1) is 0 Å². The molecule has 1 aliphatic heterocycles. The number of halogens is 4. The Labute approximate surface area is 240 Å². The molecular weight excluding hydrogens is 581 g/mol. The Morgan fingerprint density at radius 1 is 1.07 bits per heavy atom. The van der Waals surface area contributed by atoms with E-state index in [1.54, 1.807) is 29.2 Å². The number of para-hydroxylation sites is 1. The lowest BCUT2D eigenvalue weighted by Crippen LogP contribution is -2.37. The molecule has 42 heavy (non-hydrogen) atoms. The first-order chi connectivity index (χ1) is 20.0. The molecule has 0 unspecified atom stereocenters. The van der Waals surface area contributed by atoms with E-state index in [1.165, 1.54) is 35.3 Å². The lowest BCUT2D eigenvalue weighted by atomic mass is 10.1. The molecule has 0 spiro atoms. The van der Waals surface area contributed by atoms with Crippen molar-refractivity contribution in [1.82, 2.24) is 39.3 Å². The summed E-state index contributed by atoms with van der Waals surface area (Å²) < 4.78 is 42.4. The number of carbonyl (C=O) groups excluding carboxylic acids is 2. The van der Waals surface area contributed by atoms with Crippen molar-refractivity contribution in [3.8, 4) is 17.1 Å². The van der Waals surface area contributed by atoms with Crippen LogP contribution < -0.4 is 11.0 Å². The summed E-state index contributed by atoms with van der Waals surface area (Å²) in [7, 11) is 0. The van der Waals surface area contributed by atoms with Gasteiger partial charge < -0.3 is 15.3 Å². The van der Waals surface area contributed by atoms with E-state index in [9.17, 15) is 32.7 Å². The van der Waals surface area contributed by atoms with Gasteiger partial charge in [-0.3, -0.25) is 14.2 Å². The number of carbonyl (C=O) groups is 2. The molecule has 1 aliphatic rings. The van der Waals surface area contributed by atoms with Crippen LogP contribution in [-0.2, 0) is 17.9 Å². The lowest BCUT2D eigenvalue weighted by Gasteiger charge is -2.21. The summed E-state index contributed by atoms with van der Waals surface area (Å²) in [5.41, 5.74) is 0.106. The monoisotopic (exact) mass is 604 g/mol. The molecule has 0 aliphatic carbocycles. The normalized spacial score (nSPS) is 14.9. The molecule has 5 rings (SSSR count). The van der Waals surface area contributed by atoms with Crippen LogP contribution in [0.1, 0.15) is 22.6 Å². The quantitative estimate of drug-likeness (QED) is 0.328. The molecule has 16 heteroatoms. The number of aliphatic hydroxyl groups excluding tert-OH is 1. The first-order valence-electron chi connectivity index (χ1n) is 12.8. The second kappa shape index (κ2) is 11.8. The number of nitrogens with one attached hydrogen (secondary N) is 1. The second-order valence-corrected chi connectivity index (χ2v) is 9.89. The van der Waals surface area contributed by atoms with E-state index >= 15 is 0 Å². The summed E-state index contributed by atoms with van der Waals surface area (Å²) in [6.07, 6.45) is -6.24. The van der Waals surface area contributed by atoms with Crippen LogP contribution in [0.15, 0.2) is 59.7 Å². The molecule has 2 amide bonds. The van der Waals surface area contributed by atoms with Crippen molar-refractivity contribution in [2.24, 2.45) is 0 Å². The molecule has 0 radical (unpaired) electrons. The van der Waals surface area contributed by atoms with Crippen molar-refractivity contribution in [1.29, 1.82) is 0 Å². The number of rotatable bonds is 7. The predicted octanol–water partition coefficient (Wildman–Crippen LogP) is 1.88. The number of aromatic nitrogens is 6. The van der Waals surface area contributed by atoms with E-state index in [0.717, 1.165) is 9.25 Å². The van der Waals surface area contributed by atoms with E-state index in [-0.39, 0.29) is 43.0 Å². The van der Waals surface area contributed by atoms with Crippen LogP contribution in [-0.4, -0.2) is 82.8 Å². The average Bonchev–Trinajstić information content (AvgIpc) is 3.47. The minimum Gasteiger partial charge on any atom is -0.382 e. The fourth-order valence-corrected chi connectivity index (χ4v) is 4.54. The van der Waals surface area contributed by atoms with Gasteiger partial charge >= 0.3 is 11.9 Å². The Bertz CT molecular complexity index is 1660. The molecule has 1 fully saturated rings. The molecule has 4 aromatic rings. The van der Waals surface area contributed by atoms with Gasteiger partial charge in [0, 0.05) is 36.6 Å². The molecule has 12 nitrogen and oxygen atoms in total. The van der Waals surface area contributed by atoms with E-state index in [0.29, 0.717) is 34.9 Å². The van der Waals surface area contributed by atoms with Crippen molar-refractivity contribution in [2.75, 3.05) is 19.6 Å². The topological polar surface area (TPSA) is 140 Å². The van der Waals surface area contributed by atoms with Crippen LogP contribution in [0.5, 0.6) is 0 Å². The van der Waals surface area contributed by atoms with Crippen LogP contribution >= 0.6 is 11.6 Å². The van der Waals surface area contributed by atoms with Gasteiger partial charge in [0.2, 0.25) is 5.91 Å². The third kappa shape index (κ3) is 6.21. The maximum absolute atomic E-state index is 13.3. The maximum Gasteiger partial charge on any atom is 0.416 e. The van der Waals surface area contributed by atoms with Gasteiger partial charge in [-0.15, -0.1) is 10.2 Å². The maximum atomic E-state index is 13.3. The highest BCUT2D eigenvalue weighted by Crippen LogP contribution is 2.24. The summed E-state index contributed by atoms with van der Waals surface area (Å²) in [5, 5.41) is 21.4. The number of nitrogens with zero attached hydrogens (tertiary/aromatic N) is 7. The molecule has 220 valence electrons. The number of aliphatic hydroxyl groups is 1. The van der Waals surface area contributed by atoms with Crippen molar-refractivity contribution in [3.05, 3.63) is 81.8 Å². The molecule has 0 bridgehead atoms. The molecule has 3 heterocycles. The Hall–Kier alpha value is -4.50. The largest absolute Gasteiger partial charge is 0.416 e. The van der Waals surface area contributed by atoms with Crippen molar-refractivity contribution in [2.45, 2.75) is 31.8 Å². The zero-order valence-corrected chi connectivity index (χ0v) is 22.6. The fourth-order valence-electron chi connectivity index (χ4n) is 4.41. The summed E-state index contributed by atoms with van der Waals surface area (Å²) >= 11 is 5.93. The lowest BCUT2D eigenvalue weighted by molar-refractivity contribution is -0.207. The van der Waals surface area contributed by atoms with Crippen molar-refractivity contribution >= 4 is 23.4 Å². The van der Waals surface area contributed by atoms with E-state index in [4.69, 9.17) is 11.6 Å². The molecule has 1 atom stereocenters. The third-order valence-electron chi connectivity index (χ3n) is 6.57. The zero-order valence-electron chi connectivity index (χ0n) is 21.8. The Morgan fingerprint density at radius 2 is 1.81 bits per heavy atom. The van der Waals surface area contributed by atoms with Gasteiger partial charge in [-0.05, 0) is 36.4 Å². The Balaban J connectivity index is 1.44.